The smallest absolute Gasteiger partial charge is 0.187 e. The third-order valence-corrected chi connectivity index (χ3v) is 11.1. The lowest BCUT2D eigenvalue weighted by Crippen LogP contribution is -2.28. The SMILES string of the molecule is [C-]#[N+]c1ccc(-c2cc3c(cc2-c2ccc(-c4nc(-c5ccccc5)nc(-c5ccccc5)n4)cc2)-c2ccccc2C3(c2ccccc2)c2ccccc2)cc1. The van der Waals surface area contributed by atoms with E-state index >= 15 is 0 Å². The number of benzene rings is 8. The topological polar surface area (TPSA) is 43.0 Å². The Labute approximate surface area is 332 Å². The molecule has 8 aromatic carbocycles. The van der Waals surface area contributed by atoms with Crippen LogP contribution in [0.5, 0.6) is 0 Å². The first-order valence-corrected chi connectivity index (χ1v) is 19.1. The first-order valence-electron chi connectivity index (χ1n) is 19.1. The van der Waals surface area contributed by atoms with Crippen molar-refractivity contribution in [1.29, 1.82) is 0 Å². The summed E-state index contributed by atoms with van der Waals surface area (Å²) >= 11 is 0. The molecule has 1 aromatic heterocycles. The van der Waals surface area contributed by atoms with Gasteiger partial charge in [-0.05, 0) is 67.8 Å². The minimum atomic E-state index is -0.534. The lowest BCUT2D eigenvalue weighted by Gasteiger charge is -2.34. The molecule has 9 aromatic rings. The van der Waals surface area contributed by atoms with Crippen LogP contribution >= 0.6 is 0 Å². The van der Waals surface area contributed by atoms with Crippen LogP contribution in [0.3, 0.4) is 0 Å². The summed E-state index contributed by atoms with van der Waals surface area (Å²) in [6, 6.07) is 72.0. The largest absolute Gasteiger partial charge is 0.238 e. The Bertz CT molecular complexity index is 2820. The Morgan fingerprint density at radius 3 is 1.25 bits per heavy atom. The van der Waals surface area contributed by atoms with E-state index in [4.69, 9.17) is 21.5 Å². The maximum atomic E-state index is 7.64. The molecule has 4 heteroatoms. The highest BCUT2D eigenvalue weighted by Gasteiger charge is 2.46. The van der Waals surface area contributed by atoms with Gasteiger partial charge < -0.3 is 0 Å². The van der Waals surface area contributed by atoms with Crippen molar-refractivity contribution < 1.29 is 0 Å². The minimum Gasteiger partial charge on any atom is -0.238 e. The molecule has 0 unspecified atom stereocenters. The van der Waals surface area contributed by atoms with E-state index in [0.29, 0.717) is 23.2 Å². The summed E-state index contributed by atoms with van der Waals surface area (Å²) in [5.74, 6) is 1.88. The average Bonchev–Trinajstić information content (AvgIpc) is 3.60. The standard InChI is InChI=1S/C53H34N4/c1-54-43-32-30-37(31-33-43)46-35-49-47(44-24-14-15-25-48(44)53(49,41-20-10-4-11-21-41)42-22-12-5-13-23-42)34-45(46)36-26-28-40(29-27-36)52-56-50(38-16-6-2-7-17-38)55-51(57-52)39-18-8-3-9-19-39/h2-35H. The van der Waals surface area contributed by atoms with E-state index < -0.39 is 5.41 Å². The molecule has 1 heterocycles. The predicted molar refractivity (Wildman–Crippen MR) is 231 cm³/mol. The number of hydrogen-bond donors (Lipinski definition) is 0. The molecule has 266 valence electrons. The van der Waals surface area contributed by atoms with Crippen LogP contribution in [0.2, 0.25) is 0 Å². The Balaban J connectivity index is 1.18. The molecule has 1 aliphatic rings. The summed E-state index contributed by atoms with van der Waals surface area (Å²) in [5, 5.41) is 0. The van der Waals surface area contributed by atoms with Crippen LogP contribution < -0.4 is 0 Å². The van der Waals surface area contributed by atoms with Crippen molar-refractivity contribution in [3.8, 4) is 67.5 Å². The van der Waals surface area contributed by atoms with E-state index in [9.17, 15) is 0 Å². The van der Waals surface area contributed by atoms with Crippen molar-refractivity contribution in [1.82, 2.24) is 15.0 Å². The summed E-state index contributed by atoms with van der Waals surface area (Å²) in [7, 11) is 0. The molecule has 0 saturated carbocycles. The number of fused-ring (bicyclic) bond motifs is 3. The van der Waals surface area contributed by atoms with Gasteiger partial charge >= 0.3 is 0 Å². The van der Waals surface area contributed by atoms with E-state index in [1.165, 1.54) is 33.4 Å². The van der Waals surface area contributed by atoms with E-state index in [1.807, 2.05) is 72.8 Å². The van der Waals surface area contributed by atoms with Gasteiger partial charge in [-0.25, -0.2) is 19.8 Å². The molecule has 0 fully saturated rings. The number of aromatic nitrogens is 3. The predicted octanol–water partition coefficient (Wildman–Crippen LogP) is 13.1. The van der Waals surface area contributed by atoms with Crippen LogP contribution in [0.4, 0.5) is 5.69 Å². The van der Waals surface area contributed by atoms with Crippen LogP contribution in [0.25, 0.3) is 72.4 Å². The molecular weight excluding hydrogens is 693 g/mol. The third-order valence-electron chi connectivity index (χ3n) is 11.1. The summed E-state index contributed by atoms with van der Waals surface area (Å²) in [5.41, 5.74) is 14.5. The van der Waals surface area contributed by atoms with Crippen molar-refractivity contribution in [2.45, 2.75) is 5.41 Å². The van der Waals surface area contributed by atoms with Gasteiger partial charge in [0.1, 0.15) is 0 Å². The van der Waals surface area contributed by atoms with Crippen LogP contribution in [-0.2, 0) is 5.41 Å². The van der Waals surface area contributed by atoms with Gasteiger partial charge in [0.15, 0.2) is 23.2 Å². The van der Waals surface area contributed by atoms with Crippen LogP contribution in [-0.4, -0.2) is 15.0 Å². The first-order chi connectivity index (χ1) is 28.2. The molecule has 4 nitrogen and oxygen atoms in total. The van der Waals surface area contributed by atoms with E-state index in [2.05, 4.69) is 138 Å². The van der Waals surface area contributed by atoms with Gasteiger partial charge in [0.05, 0.1) is 12.0 Å². The molecule has 0 aliphatic heterocycles. The average molecular weight is 727 g/mol. The van der Waals surface area contributed by atoms with Crippen molar-refractivity contribution in [3.63, 3.8) is 0 Å². The van der Waals surface area contributed by atoms with E-state index in [1.54, 1.807) is 0 Å². The Morgan fingerprint density at radius 1 is 0.333 bits per heavy atom. The molecule has 0 bridgehead atoms. The minimum absolute atomic E-state index is 0.534. The maximum absolute atomic E-state index is 7.64. The molecule has 0 spiro atoms. The molecular formula is C53H34N4. The van der Waals surface area contributed by atoms with Gasteiger partial charge in [-0.2, -0.15) is 0 Å². The van der Waals surface area contributed by atoms with Gasteiger partial charge in [-0.15, -0.1) is 0 Å². The van der Waals surface area contributed by atoms with Gasteiger partial charge in [-0.3, -0.25) is 0 Å². The van der Waals surface area contributed by atoms with Crippen molar-refractivity contribution in [2.75, 3.05) is 0 Å². The molecule has 10 rings (SSSR count). The van der Waals surface area contributed by atoms with Crippen LogP contribution in [0, 0.1) is 6.57 Å². The lowest BCUT2D eigenvalue weighted by atomic mass is 9.67. The zero-order valence-corrected chi connectivity index (χ0v) is 30.9. The Kier molecular flexibility index (Phi) is 8.39. The maximum Gasteiger partial charge on any atom is 0.187 e. The van der Waals surface area contributed by atoms with Crippen molar-refractivity contribution in [3.05, 3.63) is 240 Å². The fraction of sp³-hybridized carbons (Fsp3) is 0.0189. The molecule has 0 amide bonds. The second-order valence-corrected chi connectivity index (χ2v) is 14.2. The molecule has 57 heavy (non-hydrogen) atoms. The zero-order valence-electron chi connectivity index (χ0n) is 30.9. The molecule has 0 saturated heterocycles. The summed E-state index contributed by atoms with van der Waals surface area (Å²) < 4.78 is 0. The van der Waals surface area contributed by atoms with Crippen molar-refractivity contribution in [2.24, 2.45) is 0 Å². The van der Waals surface area contributed by atoms with E-state index in [0.717, 1.165) is 38.9 Å². The first kappa shape index (κ1) is 33.8. The number of nitrogens with zero attached hydrogens (tertiary/aromatic N) is 4. The molecule has 0 atom stereocenters. The van der Waals surface area contributed by atoms with Gasteiger partial charge in [0.25, 0.3) is 0 Å². The quantitative estimate of drug-likeness (QED) is 0.154. The summed E-state index contributed by atoms with van der Waals surface area (Å²) in [4.78, 5) is 18.6. The molecule has 1 aliphatic carbocycles. The fourth-order valence-electron chi connectivity index (χ4n) is 8.42. The molecule has 0 N–H and O–H groups in total. The summed E-state index contributed by atoms with van der Waals surface area (Å²) in [6.07, 6.45) is 0. The highest BCUT2D eigenvalue weighted by atomic mass is 15.0. The monoisotopic (exact) mass is 726 g/mol. The highest BCUT2D eigenvalue weighted by molar-refractivity contribution is 5.95. The van der Waals surface area contributed by atoms with Gasteiger partial charge in [-0.1, -0.05) is 194 Å². The second-order valence-electron chi connectivity index (χ2n) is 14.2. The van der Waals surface area contributed by atoms with Crippen LogP contribution in [0.15, 0.2) is 206 Å². The lowest BCUT2D eigenvalue weighted by molar-refractivity contribution is 0.769. The number of rotatable bonds is 7. The zero-order chi connectivity index (χ0) is 38.2. The third kappa shape index (κ3) is 5.82. The second kappa shape index (κ2) is 14.2. The van der Waals surface area contributed by atoms with Crippen LogP contribution in [0.1, 0.15) is 22.3 Å². The molecule has 0 radical (unpaired) electrons. The normalized spacial score (nSPS) is 12.3. The highest BCUT2D eigenvalue weighted by Crippen LogP contribution is 2.58. The van der Waals surface area contributed by atoms with Crippen molar-refractivity contribution >= 4 is 5.69 Å². The Hall–Kier alpha value is -7.74. The van der Waals surface area contributed by atoms with Gasteiger partial charge in [0.2, 0.25) is 0 Å². The van der Waals surface area contributed by atoms with E-state index in [-0.39, 0.29) is 0 Å². The summed E-state index contributed by atoms with van der Waals surface area (Å²) in [6.45, 7) is 7.64. The Morgan fingerprint density at radius 2 is 0.737 bits per heavy atom. The van der Waals surface area contributed by atoms with Gasteiger partial charge in [0, 0.05) is 16.7 Å². The fourth-order valence-corrected chi connectivity index (χ4v) is 8.42. The number of hydrogen-bond acceptors (Lipinski definition) is 3.